The van der Waals surface area contributed by atoms with Crippen LogP contribution >= 0.6 is 0 Å². The van der Waals surface area contributed by atoms with Crippen molar-refractivity contribution >= 4 is 5.91 Å². The van der Waals surface area contributed by atoms with Gasteiger partial charge in [-0.3, -0.25) is 19.6 Å². The van der Waals surface area contributed by atoms with E-state index >= 15 is 0 Å². The lowest BCUT2D eigenvalue weighted by atomic mass is 10.2. The highest BCUT2D eigenvalue weighted by molar-refractivity contribution is 5.77. The highest BCUT2D eigenvalue weighted by Gasteiger charge is 2.19. The van der Waals surface area contributed by atoms with Crippen molar-refractivity contribution in [1.29, 1.82) is 0 Å². The number of hydrogen-bond acceptors (Lipinski definition) is 5. The third-order valence-corrected chi connectivity index (χ3v) is 3.98. The van der Waals surface area contributed by atoms with E-state index in [-0.39, 0.29) is 5.91 Å². The van der Waals surface area contributed by atoms with E-state index < -0.39 is 0 Å². The zero-order valence-corrected chi connectivity index (χ0v) is 13.1. The quantitative estimate of drug-likeness (QED) is 0.865. The standard InChI is InChI=1S/C17H22N4O2/c22-17(19-12-16-5-3-11-23-16)14-21-9-7-20(8-10-21)13-15-4-1-2-6-18-15/h1-6,11H,7-10,12-14H2,(H,19,22). The highest BCUT2D eigenvalue weighted by Crippen LogP contribution is 2.06. The lowest BCUT2D eigenvalue weighted by Crippen LogP contribution is -2.49. The van der Waals surface area contributed by atoms with E-state index in [9.17, 15) is 4.79 Å². The van der Waals surface area contributed by atoms with Gasteiger partial charge in [0.25, 0.3) is 0 Å². The largest absolute Gasteiger partial charge is 0.467 e. The van der Waals surface area contributed by atoms with Crippen molar-refractivity contribution in [2.75, 3.05) is 32.7 Å². The van der Waals surface area contributed by atoms with Crippen molar-refractivity contribution in [2.45, 2.75) is 13.1 Å². The molecule has 1 amide bonds. The van der Waals surface area contributed by atoms with Crippen LogP contribution in [0.25, 0.3) is 0 Å². The Morgan fingerprint density at radius 1 is 1.13 bits per heavy atom. The van der Waals surface area contributed by atoms with E-state index in [1.54, 1.807) is 6.26 Å². The van der Waals surface area contributed by atoms with Crippen LogP contribution in [0, 0.1) is 0 Å². The molecule has 1 aliphatic heterocycles. The maximum Gasteiger partial charge on any atom is 0.234 e. The van der Waals surface area contributed by atoms with Crippen molar-refractivity contribution in [2.24, 2.45) is 0 Å². The second-order valence-electron chi connectivity index (χ2n) is 5.73. The molecule has 0 saturated carbocycles. The molecule has 6 heteroatoms. The Morgan fingerprint density at radius 3 is 2.65 bits per heavy atom. The fourth-order valence-electron chi connectivity index (χ4n) is 2.68. The molecule has 0 spiro atoms. The molecule has 1 aliphatic rings. The summed E-state index contributed by atoms with van der Waals surface area (Å²) in [5, 5.41) is 2.89. The summed E-state index contributed by atoms with van der Waals surface area (Å²) in [5.74, 6) is 0.818. The first-order valence-electron chi connectivity index (χ1n) is 7.93. The number of aromatic nitrogens is 1. The van der Waals surface area contributed by atoms with Gasteiger partial charge in [0, 0.05) is 38.9 Å². The Balaban J connectivity index is 1.36. The Morgan fingerprint density at radius 2 is 1.96 bits per heavy atom. The summed E-state index contributed by atoms with van der Waals surface area (Å²) in [6.07, 6.45) is 3.44. The van der Waals surface area contributed by atoms with Gasteiger partial charge in [0.1, 0.15) is 5.76 Å². The number of nitrogens with zero attached hydrogens (tertiary/aromatic N) is 3. The average Bonchev–Trinajstić information content (AvgIpc) is 3.09. The van der Waals surface area contributed by atoms with Crippen LogP contribution in [0.5, 0.6) is 0 Å². The third kappa shape index (κ3) is 4.91. The van der Waals surface area contributed by atoms with E-state index in [0.29, 0.717) is 13.1 Å². The molecule has 23 heavy (non-hydrogen) atoms. The maximum absolute atomic E-state index is 12.0. The summed E-state index contributed by atoms with van der Waals surface area (Å²) in [7, 11) is 0. The molecule has 1 N–H and O–H groups in total. The first-order chi connectivity index (χ1) is 11.3. The molecule has 1 saturated heterocycles. The van der Waals surface area contributed by atoms with Crippen LogP contribution in [0.4, 0.5) is 0 Å². The van der Waals surface area contributed by atoms with Crippen molar-refractivity contribution in [3.05, 3.63) is 54.2 Å². The number of furan rings is 1. The molecule has 0 aromatic carbocycles. The Labute approximate surface area is 136 Å². The Hall–Kier alpha value is -2.18. The average molecular weight is 314 g/mol. The molecule has 2 aromatic rings. The molecule has 1 fully saturated rings. The summed E-state index contributed by atoms with van der Waals surface area (Å²) in [4.78, 5) is 20.9. The van der Waals surface area contributed by atoms with Gasteiger partial charge in [0.15, 0.2) is 0 Å². The van der Waals surface area contributed by atoms with Gasteiger partial charge in [0.2, 0.25) is 5.91 Å². The van der Waals surface area contributed by atoms with Gasteiger partial charge >= 0.3 is 0 Å². The molecule has 3 rings (SSSR count). The molecule has 0 aliphatic carbocycles. The summed E-state index contributed by atoms with van der Waals surface area (Å²) in [6.45, 7) is 5.50. The van der Waals surface area contributed by atoms with Crippen molar-refractivity contribution < 1.29 is 9.21 Å². The van der Waals surface area contributed by atoms with Gasteiger partial charge in [-0.2, -0.15) is 0 Å². The van der Waals surface area contributed by atoms with E-state index in [4.69, 9.17) is 4.42 Å². The number of carbonyl (C=O) groups is 1. The van der Waals surface area contributed by atoms with Crippen molar-refractivity contribution in [3.8, 4) is 0 Å². The molecule has 0 unspecified atom stereocenters. The lowest BCUT2D eigenvalue weighted by Gasteiger charge is -2.34. The molecule has 3 heterocycles. The Kier molecular flexibility index (Phi) is 5.39. The highest BCUT2D eigenvalue weighted by atomic mass is 16.3. The first kappa shape index (κ1) is 15.7. The number of nitrogens with one attached hydrogen (secondary N) is 1. The maximum atomic E-state index is 12.0. The number of hydrogen-bond donors (Lipinski definition) is 1. The molecule has 0 atom stereocenters. The topological polar surface area (TPSA) is 61.6 Å². The summed E-state index contributed by atoms with van der Waals surface area (Å²) >= 11 is 0. The van der Waals surface area contributed by atoms with Gasteiger partial charge in [-0.25, -0.2) is 0 Å². The van der Waals surface area contributed by atoms with Crippen LogP contribution in [-0.2, 0) is 17.9 Å². The van der Waals surface area contributed by atoms with Gasteiger partial charge in [-0.05, 0) is 24.3 Å². The minimum Gasteiger partial charge on any atom is -0.467 e. The van der Waals surface area contributed by atoms with Crippen LogP contribution in [0.15, 0.2) is 47.2 Å². The number of pyridine rings is 1. The summed E-state index contributed by atoms with van der Waals surface area (Å²) < 4.78 is 5.20. The first-order valence-corrected chi connectivity index (χ1v) is 7.93. The fraction of sp³-hybridized carbons (Fsp3) is 0.412. The summed E-state index contributed by atoms with van der Waals surface area (Å²) in [5.41, 5.74) is 1.09. The van der Waals surface area contributed by atoms with Crippen LogP contribution in [0.1, 0.15) is 11.5 Å². The minimum absolute atomic E-state index is 0.0413. The van der Waals surface area contributed by atoms with Crippen molar-refractivity contribution in [1.82, 2.24) is 20.1 Å². The molecule has 6 nitrogen and oxygen atoms in total. The molecule has 122 valence electrons. The fourth-order valence-corrected chi connectivity index (χ4v) is 2.68. The predicted molar refractivity (Wildman–Crippen MR) is 86.5 cm³/mol. The predicted octanol–water partition coefficient (Wildman–Crippen LogP) is 1.11. The van der Waals surface area contributed by atoms with Crippen molar-refractivity contribution in [3.63, 3.8) is 0 Å². The zero-order valence-electron chi connectivity index (χ0n) is 13.1. The molecular weight excluding hydrogens is 292 g/mol. The van der Waals surface area contributed by atoms with Crippen LogP contribution in [0.3, 0.4) is 0 Å². The second-order valence-corrected chi connectivity index (χ2v) is 5.73. The number of piperazine rings is 1. The van der Waals surface area contributed by atoms with E-state index in [2.05, 4.69) is 26.2 Å². The zero-order chi connectivity index (χ0) is 15.9. The van der Waals surface area contributed by atoms with Gasteiger partial charge in [-0.1, -0.05) is 6.07 Å². The normalized spacial score (nSPS) is 16.3. The Bertz CT molecular complexity index is 592. The molecule has 2 aromatic heterocycles. The second kappa shape index (κ2) is 7.89. The number of rotatable bonds is 6. The van der Waals surface area contributed by atoms with Gasteiger partial charge in [0.05, 0.1) is 25.0 Å². The van der Waals surface area contributed by atoms with E-state index in [0.717, 1.165) is 44.2 Å². The van der Waals surface area contributed by atoms with Gasteiger partial charge in [-0.15, -0.1) is 0 Å². The molecule has 0 bridgehead atoms. The van der Waals surface area contributed by atoms with E-state index in [1.807, 2.05) is 30.5 Å². The van der Waals surface area contributed by atoms with Gasteiger partial charge < -0.3 is 9.73 Å². The van der Waals surface area contributed by atoms with E-state index in [1.165, 1.54) is 0 Å². The smallest absolute Gasteiger partial charge is 0.234 e. The molecule has 0 radical (unpaired) electrons. The number of amides is 1. The lowest BCUT2D eigenvalue weighted by molar-refractivity contribution is -0.122. The monoisotopic (exact) mass is 314 g/mol. The van der Waals surface area contributed by atoms with Crippen LogP contribution < -0.4 is 5.32 Å². The SMILES string of the molecule is O=C(CN1CCN(Cc2ccccn2)CC1)NCc1ccco1. The molecular formula is C17H22N4O2. The summed E-state index contributed by atoms with van der Waals surface area (Å²) in [6, 6.07) is 9.68. The third-order valence-electron chi connectivity index (χ3n) is 3.98. The minimum atomic E-state index is 0.0413. The number of carbonyl (C=O) groups excluding carboxylic acids is 1. The van der Waals surface area contributed by atoms with Crippen LogP contribution in [-0.4, -0.2) is 53.4 Å². The van der Waals surface area contributed by atoms with Crippen LogP contribution in [0.2, 0.25) is 0 Å².